The average Bonchev–Trinajstić information content (AvgIpc) is 2.57. The molecule has 132 valence electrons. The third kappa shape index (κ3) is 11.2. The van der Waals surface area contributed by atoms with Crippen molar-refractivity contribution in [3.63, 3.8) is 0 Å². The summed E-state index contributed by atoms with van der Waals surface area (Å²) in [5.74, 6) is 0. The smallest absolute Gasteiger partial charge is 0.0346 e. The highest BCUT2D eigenvalue weighted by Crippen LogP contribution is 2.16. The molecule has 23 heavy (non-hydrogen) atoms. The lowest BCUT2D eigenvalue weighted by Gasteiger charge is -2.05. The van der Waals surface area contributed by atoms with E-state index in [2.05, 4.69) is 19.1 Å². The van der Waals surface area contributed by atoms with Crippen LogP contribution in [0.15, 0.2) is 24.3 Å². The normalized spacial score (nSPS) is 11.0. The van der Waals surface area contributed by atoms with Gasteiger partial charge in [0.2, 0.25) is 0 Å². The van der Waals surface area contributed by atoms with E-state index in [0.717, 1.165) is 12.1 Å². The number of hydrogen-bond acceptors (Lipinski definition) is 1. The second kappa shape index (κ2) is 14.6. The first-order valence-corrected chi connectivity index (χ1v) is 10.2. The van der Waals surface area contributed by atoms with Crippen LogP contribution in [0.2, 0.25) is 0 Å². The van der Waals surface area contributed by atoms with E-state index < -0.39 is 0 Å². The summed E-state index contributed by atoms with van der Waals surface area (Å²) in [5.41, 5.74) is 8.26. The summed E-state index contributed by atoms with van der Waals surface area (Å²) in [7, 11) is 0. The van der Waals surface area contributed by atoms with Crippen molar-refractivity contribution in [3.8, 4) is 0 Å². The molecule has 0 amide bonds. The molecule has 0 spiro atoms. The Morgan fingerprint density at radius 3 is 1.52 bits per heavy atom. The highest BCUT2D eigenvalue weighted by atomic mass is 14.6. The molecule has 0 aliphatic heterocycles. The standard InChI is InChI=1S/C22H39N/c1-2-3-4-5-6-7-8-9-10-11-12-13-14-15-18-21-19-16-17-20-22(21)23/h16-17,19-20H,2-15,18,23H2,1H3. The van der Waals surface area contributed by atoms with Crippen molar-refractivity contribution < 1.29 is 0 Å². The van der Waals surface area contributed by atoms with E-state index in [1.165, 1.54) is 95.5 Å². The predicted molar refractivity (Wildman–Crippen MR) is 105 cm³/mol. The molecule has 1 heteroatoms. The molecule has 0 aliphatic rings. The number of aryl methyl sites for hydroxylation is 1. The molecule has 0 saturated carbocycles. The number of nitrogens with two attached hydrogens (primary N) is 1. The lowest BCUT2D eigenvalue weighted by molar-refractivity contribution is 0.535. The third-order valence-electron chi connectivity index (χ3n) is 4.85. The van der Waals surface area contributed by atoms with E-state index in [0.29, 0.717) is 0 Å². The van der Waals surface area contributed by atoms with Crippen LogP contribution in [0.25, 0.3) is 0 Å². The van der Waals surface area contributed by atoms with Gasteiger partial charge in [0.15, 0.2) is 0 Å². The zero-order valence-corrected chi connectivity index (χ0v) is 15.5. The molecule has 1 rings (SSSR count). The molecule has 1 aromatic rings. The van der Waals surface area contributed by atoms with Crippen LogP contribution in [0.1, 0.15) is 102 Å². The van der Waals surface area contributed by atoms with Gasteiger partial charge in [-0.15, -0.1) is 0 Å². The lowest BCUT2D eigenvalue weighted by Crippen LogP contribution is -1.93. The maximum absolute atomic E-state index is 5.97. The number of benzene rings is 1. The highest BCUT2D eigenvalue weighted by Gasteiger charge is 1.98. The first-order valence-electron chi connectivity index (χ1n) is 10.2. The Kier molecular flexibility index (Phi) is 12.7. The number of rotatable bonds is 15. The zero-order chi connectivity index (χ0) is 16.6. The fourth-order valence-electron chi connectivity index (χ4n) is 3.27. The van der Waals surface area contributed by atoms with E-state index in [9.17, 15) is 0 Å². The van der Waals surface area contributed by atoms with E-state index in [-0.39, 0.29) is 0 Å². The summed E-state index contributed by atoms with van der Waals surface area (Å²) >= 11 is 0. The Morgan fingerprint density at radius 2 is 1.04 bits per heavy atom. The first kappa shape index (κ1) is 20.1. The van der Waals surface area contributed by atoms with Crippen molar-refractivity contribution in [1.82, 2.24) is 0 Å². The number of unbranched alkanes of at least 4 members (excludes halogenated alkanes) is 13. The predicted octanol–water partition coefficient (Wildman–Crippen LogP) is 7.29. The number of hydrogen-bond donors (Lipinski definition) is 1. The van der Waals surface area contributed by atoms with Crippen LogP contribution >= 0.6 is 0 Å². The maximum atomic E-state index is 5.97. The Morgan fingerprint density at radius 1 is 0.609 bits per heavy atom. The van der Waals surface area contributed by atoms with E-state index in [4.69, 9.17) is 5.73 Å². The van der Waals surface area contributed by atoms with Crippen molar-refractivity contribution >= 4 is 5.69 Å². The fraction of sp³-hybridized carbons (Fsp3) is 0.727. The largest absolute Gasteiger partial charge is 0.399 e. The number of anilines is 1. The number of nitrogen functional groups attached to an aromatic ring is 1. The van der Waals surface area contributed by atoms with Crippen LogP contribution in [0.3, 0.4) is 0 Å². The van der Waals surface area contributed by atoms with Crippen molar-refractivity contribution in [2.45, 2.75) is 103 Å². The van der Waals surface area contributed by atoms with Crippen LogP contribution < -0.4 is 5.73 Å². The maximum Gasteiger partial charge on any atom is 0.0346 e. The van der Waals surface area contributed by atoms with Gasteiger partial charge in [0.25, 0.3) is 0 Å². The molecule has 0 aliphatic carbocycles. The topological polar surface area (TPSA) is 26.0 Å². The summed E-state index contributed by atoms with van der Waals surface area (Å²) in [6, 6.07) is 8.29. The van der Waals surface area contributed by atoms with Gasteiger partial charge in [-0.25, -0.2) is 0 Å². The van der Waals surface area contributed by atoms with E-state index in [1.807, 2.05) is 12.1 Å². The summed E-state index contributed by atoms with van der Waals surface area (Å²) < 4.78 is 0. The van der Waals surface area contributed by atoms with Gasteiger partial charge >= 0.3 is 0 Å². The van der Waals surface area contributed by atoms with Gasteiger partial charge in [0.1, 0.15) is 0 Å². The molecule has 2 N–H and O–H groups in total. The fourth-order valence-corrected chi connectivity index (χ4v) is 3.27. The Balaban J connectivity index is 1.79. The van der Waals surface area contributed by atoms with Crippen LogP contribution in [0.4, 0.5) is 5.69 Å². The van der Waals surface area contributed by atoms with Crippen LogP contribution in [-0.4, -0.2) is 0 Å². The molecular formula is C22H39N. The van der Waals surface area contributed by atoms with Crippen molar-refractivity contribution in [2.75, 3.05) is 5.73 Å². The molecule has 0 unspecified atom stereocenters. The SMILES string of the molecule is CCCCCCCCCCCCCCCCc1ccccc1N. The second-order valence-electron chi connectivity index (χ2n) is 7.05. The van der Waals surface area contributed by atoms with Gasteiger partial charge in [-0.05, 0) is 24.5 Å². The molecular weight excluding hydrogens is 278 g/mol. The quantitative estimate of drug-likeness (QED) is 0.267. The number of para-hydroxylation sites is 1. The lowest BCUT2D eigenvalue weighted by atomic mass is 10.0. The Hall–Kier alpha value is -0.980. The molecule has 1 aromatic carbocycles. The van der Waals surface area contributed by atoms with Crippen molar-refractivity contribution in [1.29, 1.82) is 0 Å². The molecule has 0 fully saturated rings. The molecule has 0 aromatic heterocycles. The van der Waals surface area contributed by atoms with Crippen LogP contribution in [-0.2, 0) is 6.42 Å². The van der Waals surface area contributed by atoms with Gasteiger partial charge in [-0.3, -0.25) is 0 Å². The Labute approximate surface area is 145 Å². The van der Waals surface area contributed by atoms with Gasteiger partial charge in [0.05, 0.1) is 0 Å². The van der Waals surface area contributed by atoms with Gasteiger partial charge in [0, 0.05) is 5.69 Å². The highest BCUT2D eigenvalue weighted by molar-refractivity contribution is 5.46. The summed E-state index contributed by atoms with van der Waals surface area (Å²) in [4.78, 5) is 0. The molecule has 0 bridgehead atoms. The zero-order valence-electron chi connectivity index (χ0n) is 15.5. The van der Waals surface area contributed by atoms with E-state index in [1.54, 1.807) is 0 Å². The van der Waals surface area contributed by atoms with Gasteiger partial charge in [-0.2, -0.15) is 0 Å². The molecule has 0 radical (unpaired) electrons. The minimum absolute atomic E-state index is 0.960. The van der Waals surface area contributed by atoms with Crippen molar-refractivity contribution in [3.05, 3.63) is 29.8 Å². The average molecular weight is 318 g/mol. The summed E-state index contributed by atoms with van der Waals surface area (Å²) in [6.07, 6.45) is 21.0. The van der Waals surface area contributed by atoms with Gasteiger partial charge < -0.3 is 5.73 Å². The Bertz CT molecular complexity index is 372. The van der Waals surface area contributed by atoms with Crippen molar-refractivity contribution in [2.24, 2.45) is 0 Å². The minimum Gasteiger partial charge on any atom is -0.399 e. The first-order chi connectivity index (χ1) is 11.3. The van der Waals surface area contributed by atoms with Crippen LogP contribution in [0.5, 0.6) is 0 Å². The third-order valence-corrected chi connectivity index (χ3v) is 4.85. The van der Waals surface area contributed by atoms with Gasteiger partial charge in [-0.1, -0.05) is 109 Å². The molecule has 0 saturated heterocycles. The summed E-state index contributed by atoms with van der Waals surface area (Å²) in [5, 5.41) is 0. The second-order valence-corrected chi connectivity index (χ2v) is 7.05. The van der Waals surface area contributed by atoms with Crippen LogP contribution in [0, 0.1) is 0 Å². The monoisotopic (exact) mass is 317 g/mol. The molecule has 0 heterocycles. The summed E-state index contributed by atoms with van der Waals surface area (Å²) in [6.45, 7) is 2.29. The van der Waals surface area contributed by atoms with E-state index >= 15 is 0 Å². The minimum atomic E-state index is 0.960. The molecule has 0 atom stereocenters. The molecule has 1 nitrogen and oxygen atoms in total.